The van der Waals surface area contributed by atoms with Crippen LogP contribution in [0.1, 0.15) is 6.92 Å². The van der Waals surface area contributed by atoms with Gasteiger partial charge in [-0.15, -0.1) is 0 Å². The first-order chi connectivity index (χ1) is 7.94. The molecule has 2 N–H and O–H groups in total. The summed E-state index contributed by atoms with van der Waals surface area (Å²) in [6, 6.07) is 0. The summed E-state index contributed by atoms with van der Waals surface area (Å²) in [5.74, 6) is -1.61. The molecule has 0 fully saturated rings. The molecule has 0 unspecified atom stereocenters. The minimum absolute atomic E-state index is 0.127. The third-order valence-electron chi connectivity index (χ3n) is 1.74. The van der Waals surface area contributed by atoms with Gasteiger partial charge in [0.05, 0.1) is 0 Å². The molecule has 0 aromatic carbocycles. The van der Waals surface area contributed by atoms with Gasteiger partial charge in [-0.3, -0.25) is 9.59 Å². The molecule has 0 aliphatic heterocycles. The zero-order chi connectivity index (χ0) is 14.6. The molecular formula is C8H10Cl6N2O2. The van der Waals surface area contributed by atoms with E-state index in [1.54, 1.807) is 6.92 Å². The number of carbonyl (C=O) groups excluding carboxylic acids is 2. The van der Waals surface area contributed by atoms with Crippen LogP contribution in [-0.4, -0.2) is 32.5 Å². The SMILES string of the molecule is CC(CNC(=O)C(Cl)(Cl)Cl)CNC(=O)C(Cl)(Cl)Cl. The van der Waals surface area contributed by atoms with Gasteiger partial charge in [-0.05, 0) is 5.92 Å². The Morgan fingerprint density at radius 1 is 0.889 bits per heavy atom. The number of nitrogens with one attached hydrogen (secondary N) is 2. The lowest BCUT2D eigenvalue weighted by Gasteiger charge is -2.17. The maximum atomic E-state index is 11.2. The van der Waals surface area contributed by atoms with Crippen LogP contribution in [0.3, 0.4) is 0 Å². The van der Waals surface area contributed by atoms with Gasteiger partial charge in [0, 0.05) is 13.1 Å². The van der Waals surface area contributed by atoms with E-state index in [0.29, 0.717) is 0 Å². The number of hydrogen-bond donors (Lipinski definition) is 2. The Balaban J connectivity index is 3.97. The molecule has 0 atom stereocenters. The fourth-order valence-electron chi connectivity index (χ4n) is 0.806. The van der Waals surface area contributed by atoms with E-state index < -0.39 is 19.4 Å². The molecule has 0 bridgehead atoms. The maximum Gasteiger partial charge on any atom is 0.272 e. The van der Waals surface area contributed by atoms with Gasteiger partial charge < -0.3 is 10.6 Å². The summed E-state index contributed by atoms with van der Waals surface area (Å²) in [7, 11) is 0. The molecule has 0 aliphatic rings. The Morgan fingerprint density at radius 3 is 1.39 bits per heavy atom. The van der Waals surface area contributed by atoms with Gasteiger partial charge in [0.15, 0.2) is 0 Å². The average Bonchev–Trinajstić information content (AvgIpc) is 2.19. The highest BCUT2D eigenvalue weighted by atomic mass is 35.6. The van der Waals surface area contributed by atoms with E-state index in [2.05, 4.69) is 10.6 Å². The Morgan fingerprint density at radius 2 is 1.17 bits per heavy atom. The molecule has 0 radical (unpaired) electrons. The minimum atomic E-state index is -2.01. The molecule has 0 spiro atoms. The van der Waals surface area contributed by atoms with Crippen molar-refractivity contribution in [2.45, 2.75) is 14.5 Å². The summed E-state index contributed by atoms with van der Waals surface area (Å²) < 4.78 is -4.03. The summed E-state index contributed by atoms with van der Waals surface area (Å²) in [6.45, 7) is 2.15. The van der Waals surface area contributed by atoms with Crippen molar-refractivity contribution in [2.24, 2.45) is 5.92 Å². The first-order valence-corrected chi connectivity index (χ1v) is 6.91. The smallest absolute Gasteiger partial charge is 0.272 e. The molecule has 4 nitrogen and oxygen atoms in total. The zero-order valence-electron chi connectivity index (χ0n) is 9.08. The molecule has 0 aromatic heterocycles. The number of carbonyl (C=O) groups is 2. The summed E-state index contributed by atoms with van der Waals surface area (Å²) in [6.07, 6.45) is 0. The van der Waals surface area contributed by atoms with Crippen LogP contribution >= 0.6 is 69.6 Å². The van der Waals surface area contributed by atoms with E-state index in [0.717, 1.165) is 0 Å². The van der Waals surface area contributed by atoms with E-state index in [4.69, 9.17) is 69.6 Å². The Labute approximate surface area is 135 Å². The van der Waals surface area contributed by atoms with E-state index in [-0.39, 0.29) is 19.0 Å². The lowest BCUT2D eigenvalue weighted by Crippen LogP contribution is -2.42. The van der Waals surface area contributed by atoms with E-state index in [1.165, 1.54) is 0 Å². The molecule has 106 valence electrons. The molecule has 0 aliphatic carbocycles. The van der Waals surface area contributed by atoms with Gasteiger partial charge >= 0.3 is 0 Å². The predicted molar refractivity (Wildman–Crippen MR) is 75.8 cm³/mol. The molecule has 0 rings (SSSR count). The zero-order valence-corrected chi connectivity index (χ0v) is 13.6. The molecule has 0 saturated heterocycles. The Kier molecular flexibility index (Phi) is 7.74. The topological polar surface area (TPSA) is 58.2 Å². The highest BCUT2D eigenvalue weighted by Crippen LogP contribution is 2.26. The standard InChI is InChI=1S/C8H10Cl6N2O2/c1-4(2-15-5(17)7(9,10)11)3-16-6(18)8(12,13)14/h4H,2-3H2,1H3,(H,15,17)(H,16,18). The molecule has 0 saturated carbocycles. The summed E-state index contributed by atoms with van der Waals surface area (Å²) in [4.78, 5) is 22.4. The van der Waals surface area contributed by atoms with Crippen molar-refractivity contribution in [3.05, 3.63) is 0 Å². The van der Waals surface area contributed by atoms with Gasteiger partial charge in [-0.25, -0.2) is 0 Å². The second kappa shape index (κ2) is 7.46. The average molecular weight is 379 g/mol. The molecule has 0 aromatic rings. The van der Waals surface area contributed by atoms with Crippen LogP contribution in [0.15, 0.2) is 0 Å². The summed E-state index contributed by atoms with van der Waals surface area (Å²) in [5.41, 5.74) is 0. The first kappa shape index (κ1) is 18.7. The van der Waals surface area contributed by atoms with E-state index in [1.807, 2.05) is 0 Å². The van der Waals surface area contributed by atoms with Crippen LogP contribution in [-0.2, 0) is 9.59 Å². The van der Waals surface area contributed by atoms with Crippen molar-refractivity contribution in [1.29, 1.82) is 0 Å². The molecule has 2 amide bonds. The molecule has 10 heteroatoms. The molecular weight excluding hydrogens is 369 g/mol. The molecule has 0 heterocycles. The fraction of sp³-hybridized carbons (Fsp3) is 0.750. The van der Waals surface area contributed by atoms with Crippen molar-refractivity contribution in [3.8, 4) is 0 Å². The van der Waals surface area contributed by atoms with Crippen LogP contribution < -0.4 is 10.6 Å². The normalized spacial score (nSPS) is 12.4. The van der Waals surface area contributed by atoms with Crippen molar-refractivity contribution in [3.63, 3.8) is 0 Å². The van der Waals surface area contributed by atoms with Crippen molar-refractivity contribution in [1.82, 2.24) is 10.6 Å². The van der Waals surface area contributed by atoms with Crippen LogP contribution in [0.2, 0.25) is 0 Å². The molecule has 18 heavy (non-hydrogen) atoms. The highest BCUT2D eigenvalue weighted by molar-refractivity contribution is 6.76. The third kappa shape index (κ3) is 7.97. The number of halogens is 6. The number of amides is 2. The van der Waals surface area contributed by atoms with Crippen molar-refractivity contribution >= 4 is 81.4 Å². The van der Waals surface area contributed by atoms with Crippen LogP contribution in [0.4, 0.5) is 0 Å². The van der Waals surface area contributed by atoms with Gasteiger partial charge in [0.25, 0.3) is 19.4 Å². The minimum Gasteiger partial charge on any atom is -0.352 e. The van der Waals surface area contributed by atoms with Gasteiger partial charge in [-0.2, -0.15) is 0 Å². The second-order valence-electron chi connectivity index (χ2n) is 3.52. The maximum absolute atomic E-state index is 11.2. The summed E-state index contributed by atoms with van der Waals surface area (Å²) >= 11 is 32.1. The van der Waals surface area contributed by atoms with E-state index >= 15 is 0 Å². The third-order valence-corrected chi connectivity index (χ3v) is 2.77. The number of hydrogen-bond acceptors (Lipinski definition) is 2. The first-order valence-electron chi connectivity index (χ1n) is 4.64. The van der Waals surface area contributed by atoms with Gasteiger partial charge in [-0.1, -0.05) is 76.5 Å². The van der Waals surface area contributed by atoms with Crippen molar-refractivity contribution in [2.75, 3.05) is 13.1 Å². The lowest BCUT2D eigenvalue weighted by atomic mass is 10.2. The quantitative estimate of drug-likeness (QED) is 0.739. The highest BCUT2D eigenvalue weighted by Gasteiger charge is 2.31. The fourth-order valence-corrected chi connectivity index (χ4v) is 1.21. The van der Waals surface area contributed by atoms with Crippen molar-refractivity contribution < 1.29 is 9.59 Å². The van der Waals surface area contributed by atoms with E-state index in [9.17, 15) is 9.59 Å². The predicted octanol–water partition coefficient (Wildman–Crippen LogP) is 2.60. The Bertz CT molecular complexity index is 282. The van der Waals surface area contributed by atoms with Crippen LogP contribution in [0.25, 0.3) is 0 Å². The number of rotatable bonds is 4. The number of alkyl halides is 6. The lowest BCUT2D eigenvalue weighted by molar-refractivity contribution is -0.120. The second-order valence-corrected chi connectivity index (χ2v) is 8.08. The van der Waals surface area contributed by atoms with Gasteiger partial charge in [0.1, 0.15) is 0 Å². The van der Waals surface area contributed by atoms with Crippen LogP contribution in [0.5, 0.6) is 0 Å². The largest absolute Gasteiger partial charge is 0.352 e. The monoisotopic (exact) mass is 376 g/mol. The van der Waals surface area contributed by atoms with Gasteiger partial charge in [0.2, 0.25) is 0 Å². The Hall–Kier alpha value is 0.680. The van der Waals surface area contributed by atoms with Crippen LogP contribution in [0, 0.1) is 5.92 Å². The summed E-state index contributed by atoms with van der Waals surface area (Å²) in [5, 5.41) is 4.80.